The lowest BCUT2D eigenvalue weighted by atomic mass is 10.2. The van der Waals surface area contributed by atoms with E-state index in [0.29, 0.717) is 17.1 Å². The summed E-state index contributed by atoms with van der Waals surface area (Å²) in [5, 5.41) is 5.40. The number of benzene rings is 1. The lowest BCUT2D eigenvalue weighted by Crippen LogP contribution is -2.27. The third kappa shape index (κ3) is 5.20. The highest BCUT2D eigenvalue weighted by Gasteiger charge is 2.17. The molecule has 0 atom stereocenters. The second-order valence-electron chi connectivity index (χ2n) is 7.13. The van der Waals surface area contributed by atoms with Crippen molar-refractivity contribution in [3.63, 3.8) is 0 Å². The molecular weight excluding hydrogens is 356 g/mol. The van der Waals surface area contributed by atoms with Gasteiger partial charge in [0.25, 0.3) is 0 Å². The highest BCUT2D eigenvalue weighted by Crippen LogP contribution is 2.22. The van der Waals surface area contributed by atoms with Gasteiger partial charge in [0.1, 0.15) is 11.2 Å². The summed E-state index contributed by atoms with van der Waals surface area (Å²) in [6, 6.07) is 12.6. The quantitative estimate of drug-likeness (QED) is 0.662. The molecule has 7 nitrogen and oxygen atoms in total. The number of nitrogens with one attached hydrogen (secondary N) is 2. The number of pyridine rings is 1. The highest BCUT2D eigenvalue weighted by atomic mass is 16.6. The minimum absolute atomic E-state index is 0.338. The molecule has 2 N–H and O–H groups in total. The van der Waals surface area contributed by atoms with Gasteiger partial charge in [-0.15, -0.1) is 0 Å². The molecule has 7 heteroatoms. The van der Waals surface area contributed by atoms with Gasteiger partial charge in [0, 0.05) is 18.5 Å². The number of imidazole rings is 1. The normalized spacial score (nSPS) is 11.5. The first-order valence-electron chi connectivity index (χ1n) is 8.82. The molecule has 2 heterocycles. The molecule has 1 aromatic carbocycles. The summed E-state index contributed by atoms with van der Waals surface area (Å²) < 4.78 is 7.12. The number of amides is 2. The average Bonchev–Trinajstić information content (AvgIpc) is 3.03. The number of carbonyl (C=O) groups is 2. The van der Waals surface area contributed by atoms with Crippen LogP contribution in [0.3, 0.4) is 0 Å². The van der Waals surface area contributed by atoms with Crippen molar-refractivity contribution in [1.82, 2.24) is 9.38 Å². The van der Waals surface area contributed by atoms with Gasteiger partial charge in [-0.2, -0.15) is 0 Å². The molecule has 2 aromatic heterocycles. The average molecular weight is 378 g/mol. The molecule has 0 bridgehead atoms. The topological polar surface area (TPSA) is 84.7 Å². The van der Waals surface area contributed by atoms with Crippen molar-refractivity contribution in [2.45, 2.75) is 26.4 Å². The number of rotatable bonds is 4. The molecule has 2 amide bonds. The van der Waals surface area contributed by atoms with Crippen molar-refractivity contribution in [2.24, 2.45) is 0 Å². The molecule has 3 rings (SSSR count). The van der Waals surface area contributed by atoms with E-state index < -0.39 is 11.7 Å². The van der Waals surface area contributed by atoms with Crippen LogP contribution in [0.25, 0.3) is 11.7 Å². The molecule has 0 saturated heterocycles. The van der Waals surface area contributed by atoms with Crippen LogP contribution in [0, 0.1) is 0 Å². The number of nitrogens with zero attached hydrogens (tertiary/aromatic N) is 2. The van der Waals surface area contributed by atoms with Gasteiger partial charge < -0.3 is 14.5 Å². The first kappa shape index (κ1) is 19.2. The van der Waals surface area contributed by atoms with E-state index in [-0.39, 0.29) is 5.91 Å². The minimum Gasteiger partial charge on any atom is -0.444 e. The Kier molecular flexibility index (Phi) is 5.44. The van der Waals surface area contributed by atoms with Crippen molar-refractivity contribution in [3.8, 4) is 0 Å². The Bertz CT molecular complexity index is 998. The Morgan fingerprint density at radius 2 is 1.71 bits per heavy atom. The van der Waals surface area contributed by atoms with Gasteiger partial charge in [0.2, 0.25) is 5.91 Å². The maximum absolute atomic E-state index is 12.3. The third-order valence-electron chi connectivity index (χ3n) is 3.61. The zero-order valence-electron chi connectivity index (χ0n) is 16.0. The van der Waals surface area contributed by atoms with Crippen molar-refractivity contribution in [1.29, 1.82) is 0 Å². The second kappa shape index (κ2) is 7.96. The Hall–Kier alpha value is -3.61. The summed E-state index contributed by atoms with van der Waals surface area (Å²) in [5.74, 6) is -0.338. The van der Waals surface area contributed by atoms with Gasteiger partial charge in [-0.3, -0.25) is 10.1 Å². The van der Waals surface area contributed by atoms with Crippen LogP contribution in [0.15, 0.2) is 60.9 Å². The predicted octanol–water partition coefficient (Wildman–Crippen LogP) is 4.33. The monoisotopic (exact) mass is 378 g/mol. The Morgan fingerprint density at radius 1 is 1.04 bits per heavy atom. The Morgan fingerprint density at radius 3 is 2.39 bits per heavy atom. The molecule has 0 aliphatic rings. The fraction of sp³-hybridized carbons (Fsp3) is 0.190. The second-order valence-corrected chi connectivity index (χ2v) is 7.13. The summed E-state index contributed by atoms with van der Waals surface area (Å²) in [6.07, 6.45) is 6.16. The van der Waals surface area contributed by atoms with Crippen LogP contribution in [-0.4, -0.2) is 27.0 Å². The van der Waals surface area contributed by atoms with Crippen LogP contribution < -0.4 is 10.6 Å². The predicted molar refractivity (Wildman–Crippen MR) is 109 cm³/mol. The summed E-state index contributed by atoms with van der Waals surface area (Å²) in [4.78, 5) is 28.7. The SMILES string of the molecule is CC(C)(C)OC(=O)Nc1ccccc1NC(=O)/C=C/c1cn2ccccc2n1. The van der Waals surface area contributed by atoms with Crippen molar-refractivity contribution in [2.75, 3.05) is 10.6 Å². The Labute approximate surface area is 163 Å². The maximum Gasteiger partial charge on any atom is 0.412 e. The van der Waals surface area contributed by atoms with Crippen molar-refractivity contribution >= 4 is 35.1 Å². The number of carbonyl (C=O) groups excluding carboxylic acids is 2. The standard InChI is InChI=1S/C21H22N4O3/c1-21(2,3)28-20(27)24-17-9-5-4-8-16(17)23-19(26)12-11-15-14-25-13-7-6-10-18(25)22-15/h4-14H,1-3H3,(H,23,26)(H,24,27)/b12-11+. The fourth-order valence-electron chi connectivity index (χ4n) is 2.48. The van der Waals surface area contributed by atoms with E-state index in [1.165, 1.54) is 6.08 Å². The number of aromatic nitrogens is 2. The number of para-hydroxylation sites is 2. The molecule has 0 unspecified atom stereocenters. The van der Waals surface area contributed by atoms with Crippen LogP contribution in [0.5, 0.6) is 0 Å². The highest BCUT2D eigenvalue weighted by molar-refractivity contribution is 6.04. The molecule has 0 saturated carbocycles. The third-order valence-corrected chi connectivity index (χ3v) is 3.61. The van der Waals surface area contributed by atoms with Gasteiger partial charge in [-0.1, -0.05) is 18.2 Å². The van der Waals surface area contributed by atoms with Gasteiger partial charge >= 0.3 is 6.09 Å². The van der Waals surface area contributed by atoms with Crippen LogP contribution >= 0.6 is 0 Å². The van der Waals surface area contributed by atoms with E-state index in [2.05, 4.69) is 15.6 Å². The zero-order chi connectivity index (χ0) is 20.1. The molecule has 144 valence electrons. The maximum atomic E-state index is 12.3. The molecular formula is C21H22N4O3. The van der Waals surface area contributed by atoms with Gasteiger partial charge in [-0.25, -0.2) is 9.78 Å². The molecule has 0 aliphatic carbocycles. The summed E-state index contributed by atoms with van der Waals surface area (Å²) in [7, 11) is 0. The molecule has 0 aliphatic heterocycles. The zero-order valence-corrected chi connectivity index (χ0v) is 16.0. The van der Waals surface area contributed by atoms with E-state index in [1.54, 1.807) is 51.1 Å². The summed E-state index contributed by atoms with van der Waals surface area (Å²) >= 11 is 0. The molecule has 3 aromatic rings. The van der Waals surface area contributed by atoms with E-state index in [1.807, 2.05) is 35.0 Å². The van der Waals surface area contributed by atoms with Crippen LogP contribution in [0.4, 0.5) is 16.2 Å². The first-order chi connectivity index (χ1) is 13.3. The van der Waals surface area contributed by atoms with Crippen LogP contribution in [0.1, 0.15) is 26.5 Å². The van der Waals surface area contributed by atoms with Crippen LogP contribution in [-0.2, 0) is 9.53 Å². The van der Waals surface area contributed by atoms with E-state index in [9.17, 15) is 9.59 Å². The van der Waals surface area contributed by atoms with Crippen molar-refractivity contribution < 1.29 is 14.3 Å². The van der Waals surface area contributed by atoms with Gasteiger partial charge in [0.05, 0.1) is 17.1 Å². The van der Waals surface area contributed by atoms with E-state index in [0.717, 1.165) is 5.65 Å². The number of anilines is 2. The Balaban J connectivity index is 1.67. The number of fused-ring (bicyclic) bond motifs is 1. The van der Waals surface area contributed by atoms with Gasteiger partial charge in [-0.05, 0) is 51.1 Å². The number of ether oxygens (including phenoxy) is 1. The molecule has 0 fully saturated rings. The summed E-state index contributed by atoms with van der Waals surface area (Å²) in [6.45, 7) is 5.35. The molecule has 28 heavy (non-hydrogen) atoms. The van der Waals surface area contributed by atoms with Crippen molar-refractivity contribution in [3.05, 3.63) is 66.6 Å². The first-order valence-corrected chi connectivity index (χ1v) is 8.82. The van der Waals surface area contributed by atoms with Gasteiger partial charge in [0.15, 0.2) is 0 Å². The molecule has 0 spiro atoms. The smallest absolute Gasteiger partial charge is 0.412 e. The lowest BCUT2D eigenvalue weighted by molar-refractivity contribution is -0.111. The molecule has 0 radical (unpaired) electrons. The largest absolute Gasteiger partial charge is 0.444 e. The fourth-order valence-corrected chi connectivity index (χ4v) is 2.48. The van der Waals surface area contributed by atoms with E-state index >= 15 is 0 Å². The summed E-state index contributed by atoms with van der Waals surface area (Å²) in [5.41, 5.74) is 1.78. The van der Waals surface area contributed by atoms with Crippen LogP contribution in [0.2, 0.25) is 0 Å². The minimum atomic E-state index is -0.612. The lowest BCUT2D eigenvalue weighted by Gasteiger charge is -2.20. The van der Waals surface area contributed by atoms with E-state index in [4.69, 9.17) is 4.74 Å². The number of hydrogen-bond acceptors (Lipinski definition) is 4. The number of hydrogen-bond donors (Lipinski definition) is 2.